The highest BCUT2D eigenvalue weighted by Crippen LogP contribution is 2.15. The predicted molar refractivity (Wildman–Crippen MR) is 288 cm³/mol. The van der Waals surface area contributed by atoms with Gasteiger partial charge in [-0.1, -0.05) is 246 Å². The molecular weight excluding hydrogens is 813 g/mol. The van der Waals surface area contributed by atoms with Crippen molar-refractivity contribution >= 4 is 11.9 Å². The maximum Gasteiger partial charge on any atom is 0.306 e. The van der Waals surface area contributed by atoms with Crippen LogP contribution in [-0.2, 0) is 23.8 Å². The smallest absolute Gasteiger partial charge is 0.306 e. The normalized spacial score (nSPS) is 13.1. The number of ether oxygens (including phenoxy) is 3. The third-order valence-corrected chi connectivity index (χ3v) is 11.3. The average molecular weight is 915 g/mol. The van der Waals surface area contributed by atoms with Crippen LogP contribution in [-0.4, -0.2) is 37.9 Å². The highest BCUT2D eigenvalue weighted by molar-refractivity contribution is 5.70. The first-order valence-electron chi connectivity index (χ1n) is 27.4. The number of carbonyl (C=O) groups is 2. The molecule has 0 aliphatic carbocycles. The molecule has 1 unspecified atom stereocenters. The lowest BCUT2D eigenvalue weighted by Gasteiger charge is -2.18. The van der Waals surface area contributed by atoms with Gasteiger partial charge in [0.1, 0.15) is 6.61 Å². The largest absolute Gasteiger partial charge is 0.462 e. The second-order valence-corrected chi connectivity index (χ2v) is 17.7. The zero-order valence-corrected chi connectivity index (χ0v) is 43.2. The van der Waals surface area contributed by atoms with Crippen LogP contribution in [0.25, 0.3) is 0 Å². The molecule has 1 atom stereocenters. The average Bonchev–Trinajstić information content (AvgIpc) is 3.32. The molecular formula is C61H102O5. The summed E-state index contributed by atoms with van der Waals surface area (Å²) in [6, 6.07) is 0. The number of unbranched alkanes of at least 4 members (excludes halogenated alkanes) is 20. The third kappa shape index (κ3) is 53.2. The summed E-state index contributed by atoms with van der Waals surface area (Å²) in [4.78, 5) is 25.4. The zero-order chi connectivity index (χ0) is 47.7. The first-order valence-corrected chi connectivity index (χ1v) is 27.4. The lowest BCUT2D eigenvalue weighted by Crippen LogP contribution is -2.30. The van der Waals surface area contributed by atoms with Crippen molar-refractivity contribution in [1.82, 2.24) is 0 Å². The van der Waals surface area contributed by atoms with E-state index in [0.29, 0.717) is 19.4 Å². The zero-order valence-electron chi connectivity index (χ0n) is 43.2. The van der Waals surface area contributed by atoms with E-state index in [9.17, 15) is 9.59 Å². The van der Waals surface area contributed by atoms with E-state index < -0.39 is 6.10 Å². The fraction of sp³-hybridized carbons (Fsp3) is 0.672. The molecule has 0 heterocycles. The molecule has 0 rings (SSSR count). The van der Waals surface area contributed by atoms with Crippen LogP contribution >= 0.6 is 0 Å². The van der Waals surface area contributed by atoms with Gasteiger partial charge < -0.3 is 14.2 Å². The van der Waals surface area contributed by atoms with Gasteiger partial charge in [-0.05, 0) is 89.9 Å². The van der Waals surface area contributed by atoms with E-state index >= 15 is 0 Å². The van der Waals surface area contributed by atoms with Crippen LogP contribution in [0.15, 0.2) is 109 Å². The number of carbonyl (C=O) groups excluding carboxylic acids is 2. The van der Waals surface area contributed by atoms with Crippen LogP contribution in [0, 0.1) is 0 Å². The highest BCUT2D eigenvalue weighted by Gasteiger charge is 2.17. The fourth-order valence-corrected chi connectivity index (χ4v) is 7.32. The van der Waals surface area contributed by atoms with Crippen molar-refractivity contribution in [3.63, 3.8) is 0 Å². The van der Waals surface area contributed by atoms with Gasteiger partial charge in [0.05, 0.1) is 6.61 Å². The molecule has 0 saturated carbocycles. The number of rotatable bonds is 49. The van der Waals surface area contributed by atoms with Gasteiger partial charge in [-0.3, -0.25) is 9.59 Å². The van der Waals surface area contributed by atoms with E-state index in [1.807, 2.05) is 6.08 Å². The summed E-state index contributed by atoms with van der Waals surface area (Å²) in [6.45, 7) is 7.43. The third-order valence-electron chi connectivity index (χ3n) is 11.3. The summed E-state index contributed by atoms with van der Waals surface area (Å²) in [5.41, 5.74) is 0. The van der Waals surface area contributed by atoms with Crippen molar-refractivity contribution in [2.45, 2.75) is 245 Å². The lowest BCUT2D eigenvalue weighted by molar-refractivity contribution is -0.162. The van der Waals surface area contributed by atoms with Crippen molar-refractivity contribution in [3.05, 3.63) is 109 Å². The maximum atomic E-state index is 12.8. The minimum Gasteiger partial charge on any atom is -0.462 e. The number of hydrogen-bond donors (Lipinski definition) is 0. The Labute approximate surface area is 408 Å². The first-order chi connectivity index (χ1) is 32.6. The number of allylic oxidation sites excluding steroid dienone is 18. The predicted octanol–water partition coefficient (Wildman–Crippen LogP) is 18.8. The maximum absolute atomic E-state index is 12.8. The summed E-state index contributed by atoms with van der Waals surface area (Å²) in [5, 5.41) is 0. The second-order valence-electron chi connectivity index (χ2n) is 17.7. The van der Waals surface area contributed by atoms with Gasteiger partial charge in [-0.15, -0.1) is 0 Å². The van der Waals surface area contributed by atoms with Crippen molar-refractivity contribution in [2.75, 3.05) is 19.8 Å². The topological polar surface area (TPSA) is 61.8 Å². The van der Waals surface area contributed by atoms with Crippen molar-refractivity contribution in [3.8, 4) is 0 Å². The molecule has 376 valence electrons. The van der Waals surface area contributed by atoms with Gasteiger partial charge in [0.25, 0.3) is 0 Å². The SMILES string of the molecule is CC/C=C\C/C=C\C/C=C\C/C=C\C/C=C\CCCCOCC(COC(=O)CCCCCCCCCCCCCCCCCCCCC)OC(=O)CC/C=C\C/C=C\C/C=C\C/C=C\CC. The summed E-state index contributed by atoms with van der Waals surface area (Å²) in [6.07, 6.45) is 77.0. The number of hydrogen-bond acceptors (Lipinski definition) is 5. The van der Waals surface area contributed by atoms with E-state index in [0.717, 1.165) is 89.9 Å². The molecule has 0 saturated heterocycles. The van der Waals surface area contributed by atoms with E-state index in [1.165, 1.54) is 109 Å². The Morgan fingerprint density at radius 1 is 0.348 bits per heavy atom. The first kappa shape index (κ1) is 62.6. The summed E-state index contributed by atoms with van der Waals surface area (Å²) >= 11 is 0. The Hall–Kier alpha value is -3.44. The summed E-state index contributed by atoms with van der Waals surface area (Å²) in [7, 11) is 0. The Morgan fingerprint density at radius 2 is 0.712 bits per heavy atom. The van der Waals surface area contributed by atoms with Crippen LogP contribution in [0.4, 0.5) is 0 Å². The molecule has 0 bridgehead atoms. The molecule has 5 nitrogen and oxygen atoms in total. The molecule has 0 radical (unpaired) electrons. The molecule has 0 aromatic carbocycles. The van der Waals surface area contributed by atoms with Crippen LogP contribution in [0.5, 0.6) is 0 Å². The van der Waals surface area contributed by atoms with Crippen LogP contribution < -0.4 is 0 Å². The Morgan fingerprint density at radius 3 is 1.12 bits per heavy atom. The Balaban J connectivity index is 4.38. The summed E-state index contributed by atoms with van der Waals surface area (Å²) in [5.74, 6) is -0.515. The molecule has 5 heteroatoms. The van der Waals surface area contributed by atoms with Gasteiger partial charge in [0, 0.05) is 19.4 Å². The fourth-order valence-electron chi connectivity index (χ4n) is 7.32. The van der Waals surface area contributed by atoms with Crippen molar-refractivity contribution < 1.29 is 23.8 Å². The van der Waals surface area contributed by atoms with Gasteiger partial charge >= 0.3 is 11.9 Å². The van der Waals surface area contributed by atoms with Crippen molar-refractivity contribution in [1.29, 1.82) is 0 Å². The standard InChI is InChI=1S/C61H102O5/c1-4-7-10-13-16-19-22-25-27-29-31-32-34-37-39-42-45-48-51-54-60(62)65-58-59(66-61(63)55-52-49-46-43-40-36-24-21-18-15-12-9-6-3)57-64-56-53-50-47-44-41-38-35-33-30-28-26-23-20-17-14-11-8-5-2/h8-9,11-12,17-18,20-21,26,28,33,35-36,40-41,44,46,49,59H,4-7,10,13-16,19,22-25,27,29-32,34,37-39,42-43,45,47-48,50-58H2,1-3H3/b11-8-,12-9-,20-17-,21-18-,28-26-,35-33-,40-36-,44-41-,49-46-. The van der Waals surface area contributed by atoms with E-state index in [2.05, 4.69) is 124 Å². The molecule has 0 aromatic rings. The molecule has 0 aliphatic heterocycles. The van der Waals surface area contributed by atoms with Crippen LogP contribution in [0.2, 0.25) is 0 Å². The monoisotopic (exact) mass is 915 g/mol. The highest BCUT2D eigenvalue weighted by atomic mass is 16.6. The Kier molecular flexibility index (Phi) is 53.0. The van der Waals surface area contributed by atoms with Gasteiger partial charge in [-0.2, -0.15) is 0 Å². The minimum atomic E-state index is -0.602. The quantitative estimate of drug-likeness (QED) is 0.0346. The Bertz CT molecular complexity index is 1310. The van der Waals surface area contributed by atoms with Crippen molar-refractivity contribution in [2.24, 2.45) is 0 Å². The molecule has 0 fully saturated rings. The van der Waals surface area contributed by atoms with Gasteiger partial charge in [0.15, 0.2) is 6.10 Å². The van der Waals surface area contributed by atoms with Crippen LogP contribution in [0.3, 0.4) is 0 Å². The van der Waals surface area contributed by atoms with Gasteiger partial charge in [0.2, 0.25) is 0 Å². The molecule has 0 aromatic heterocycles. The lowest BCUT2D eigenvalue weighted by atomic mass is 10.0. The van der Waals surface area contributed by atoms with E-state index in [1.54, 1.807) is 0 Å². The molecule has 66 heavy (non-hydrogen) atoms. The van der Waals surface area contributed by atoms with Crippen LogP contribution in [0.1, 0.15) is 239 Å². The molecule has 0 aliphatic rings. The molecule has 0 N–H and O–H groups in total. The van der Waals surface area contributed by atoms with E-state index in [-0.39, 0.29) is 31.6 Å². The number of esters is 2. The summed E-state index contributed by atoms with van der Waals surface area (Å²) < 4.78 is 17.3. The molecule has 0 amide bonds. The van der Waals surface area contributed by atoms with E-state index in [4.69, 9.17) is 14.2 Å². The minimum absolute atomic E-state index is 0.0354. The van der Waals surface area contributed by atoms with Gasteiger partial charge in [-0.25, -0.2) is 0 Å². The molecule has 0 spiro atoms. The second kappa shape index (κ2) is 55.9.